The molecule has 0 spiro atoms. The third-order valence-electron chi connectivity index (χ3n) is 4.65. The number of hydrogen-bond donors (Lipinski definition) is 0. The topological polar surface area (TPSA) is 32.3 Å². The first kappa shape index (κ1) is 14.5. The first-order valence-electron chi connectivity index (χ1n) is 7.85. The number of alkyl halides is 2. The standard InChI is InChI=1S/C17H18F2N4/c18-17(19)8-14-10-22(6-7-23(14)11-17)16-15(9-20-12-21-16)13-4-2-1-3-5-13/h1-5,9,12,14H,6-8,10-11H2/t14-/m0/s1. The second-order valence-corrected chi connectivity index (χ2v) is 6.26. The van der Waals surface area contributed by atoms with Crippen molar-refractivity contribution in [3.63, 3.8) is 0 Å². The molecule has 1 aromatic heterocycles. The average molecular weight is 316 g/mol. The summed E-state index contributed by atoms with van der Waals surface area (Å²) in [5.74, 6) is -1.73. The van der Waals surface area contributed by atoms with E-state index < -0.39 is 5.92 Å². The van der Waals surface area contributed by atoms with Gasteiger partial charge in [0.25, 0.3) is 5.92 Å². The van der Waals surface area contributed by atoms with Crippen molar-refractivity contribution >= 4 is 5.82 Å². The number of aromatic nitrogens is 2. The minimum Gasteiger partial charge on any atom is -0.353 e. The maximum absolute atomic E-state index is 13.6. The Labute approximate surface area is 133 Å². The summed E-state index contributed by atoms with van der Waals surface area (Å²) in [7, 11) is 0. The predicted octanol–water partition coefficient (Wildman–Crippen LogP) is 2.67. The Morgan fingerprint density at radius 1 is 1.13 bits per heavy atom. The quantitative estimate of drug-likeness (QED) is 0.853. The van der Waals surface area contributed by atoms with Gasteiger partial charge >= 0.3 is 0 Å². The van der Waals surface area contributed by atoms with Gasteiger partial charge in [-0.2, -0.15) is 0 Å². The number of anilines is 1. The number of halogens is 2. The SMILES string of the molecule is FC1(F)C[C@H]2CN(c3ncncc3-c3ccccc3)CCN2C1. The van der Waals surface area contributed by atoms with Crippen LogP contribution in [0.5, 0.6) is 0 Å². The zero-order valence-corrected chi connectivity index (χ0v) is 12.7. The van der Waals surface area contributed by atoms with Crippen LogP contribution in [0.15, 0.2) is 42.9 Å². The van der Waals surface area contributed by atoms with Gasteiger partial charge in [-0.25, -0.2) is 18.7 Å². The zero-order valence-electron chi connectivity index (χ0n) is 12.7. The van der Waals surface area contributed by atoms with E-state index in [-0.39, 0.29) is 19.0 Å². The summed E-state index contributed by atoms with van der Waals surface area (Å²) in [6.07, 6.45) is 3.26. The number of rotatable bonds is 2. The molecule has 4 rings (SSSR count). The van der Waals surface area contributed by atoms with Crippen LogP contribution in [0.1, 0.15) is 6.42 Å². The molecule has 0 unspecified atom stereocenters. The van der Waals surface area contributed by atoms with Gasteiger partial charge in [-0.15, -0.1) is 0 Å². The molecule has 2 saturated heterocycles. The Hall–Kier alpha value is -2.08. The van der Waals surface area contributed by atoms with E-state index in [1.165, 1.54) is 6.33 Å². The van der Waals surface area contributed by atoms with Crippen molar-refractivity contribution in [1.29, 1.82) is 0 Å². The van der Waals surface area contributed by atoms with Gasteiger partial charge in [-0.1, -0.05) is 30.3 Å². The fourth-order valence-electron chi connectivity index (χ4n) is 3.59. The van der Waals surface area contributed by atoms with E-state index in [1.54, 1.807) is 6.20 Å². The summed E-state index contributed by atoms with van der Waals surface area (Å²) in [5.41, 5.74) is 1.99. The largest absolute Gasteiger partial charge is 0.353 e. The number of piperazine rings is 1. The fraction of sp³-hybridized carbons (Fsp3) is 0.412. The van der Waals surface area contributed by atoms with Gasteiger partial charge in [0.2, 0.25) is 0 Å². The molecule has 23 heavy (non-hydrogen) atoms. The third kappa shape index (κ3) is 2.79. The normalized spacial score (nSPS) is 23.7. The second-order valence-electron chi connectivity index (χ2n) is 6.26. The second kappa shape index (κ2) is 5.53. The first-order valence-corrected chi connectivity index (χ1v) is 7.85. The van der Waals surface area contributed by atoms with E-state index in [9.17, 15) is 8.78 Å². The number of hydrogen-bond acceptors (Lipinski definition) is 4. The third-order valence-corrected chi connectivity index (χ3v) is 4.65. The molecule has 0 N–H and O–H groups in total. The van der Waals surface area contributed by atoms with Crippen LogP contribution >= 0.6 is 0 Å². The van der Waals surface area contributed by atoms with Gasteiger partial charge in [0.15, 0.2) is 0 Å². The number of fused-ring (bicyclic) bond motifs is 1. The molecule has 2 aliphatic heterocycles. The minimum atomic E-state index is -2.56. The van der Waals surface area contributed by atoms with Crippen LogP contribution in [0, 0.1) is 0 Å². The van der Waals surface area contributed by atoms with Crippen molar-refractivity contribution in [3.8, 4) is 11.1 Å². The number of benzene rings is 1. The highest BCUT2D eigenvalue weighted by molar-refractivity contribution is 5.75. The smallest absolute Gasteiger partial charge is 0.262 e. The van der Waals surface area contributed by atoms with E-state index in [0.29, 0.717) is 19.6 Å². The van der Waals surface area contributed by atoms with Crippen LogP contribution in [0.2, 0.25) is 0 Å². The van der Waals surface area contributed by atoms with Crippen LogP contribution in [0.3, 0.4) is 0 Å². The molecule has 0 saturated carbocycles. The van der Waals surface area contributed by atoms with Crippen molar-refractivity contribution in [3.05, 3.63) is 42.9 Å². The lowest BCUT2D eigenvalue weighted by Crippen LogP contribution is -2.50. The minimum absolute atomic E-state index is 0.0603. The summed E-state index contributed by atoms with van der Waals surface area (Å²) >= 11 is 0. The molecular formula is C17H18F2N4. The van der Waals surface area contributed by atoms with Crippen molar-refractivity contribution < 1.29 is 8.78 Å². The molecule has 1 atom stereocenters. The van der Waals surface area contributed by atoms with E-state index in [1.807, 2.05) is 35.2 Å². The molecule has 6 heteroatoms. The van der Waals surface area contributed by atoms with Crippen molar-refractivity contribution in [2.24, 2.45) is 0 Å². The van der Waals surface area contributed by atoms with E-state index in [0.717, 1.165) is 16.9 Å². The molecule has 2 aliphatic rings. The molecule has 4 nitrogen and oxygen atoms in total. The molecule has 0 aliphatic carbocycles. The average Bonchev–Trinajstić information content (AvgIpc) is 2.88. The van der Waals surface area contributed by atoms with Gasteiger partial charge in [0, 0.05) is 43.9 Å². The molecule has 2 fully saturated rings. The van der Waals surface area contributed by atoms with Gasteiger partial charge in [-0.05, 0) is 5.56 Å². The first-order chi connectivity index (χ1) is 11.1. The summed E-state index contributed by atoms with van der Waals surface area (Å²) in [6, 6.07) is 9.84. The molecule has 3 heterocycles. The fourth-order valence-corrected chi connectivity index (χ4v) is 3.59. The molecule has 1 aromatic carbocycles. The maximum Gasteiger partial charge on any atom is 0.262 e. The van der Waals surface area contributed by atoms with Crippen LogP contribution in [-0.2, 0) is 0 Å². The molecule has 0 bridgehead atoms. The monoisotopic (exact) mass is 316 g/mol. The molecule has 0 radical (unpaired) electrons. The Morgan fingerprint density at radius 3 is 2.78 bits per heavy atom. The van der Waals surface area contributed by atoms with Crippen LogP contribution in [0.4, 0.5) is 14.6 Å². The molecule has 2 aromatic rings. The highest BCUT2D eigenvalue weighted by Crippen LogP contribution is 2.36. The van der Waals surface area contributed by atoms with E-state index in [4.69, 9.17) is 0 Å². The Morgan fingerprint density at radius 2 is 1.96 bits per heavy atom. The van der Waals surface area contributed by atoms with Crippen molar-refractivity contribution in [1.82, 2.24) is 14.9 Å². The van der Waals surface area contributed by atoms with Crippen LogP contribution in [-0.4, -0.2) is 53.0 Å². The summed E-state index contributed by atoms with van der Waals surface area (Å²) in [5, 5.41) is 0. The highest BCUT2D eigenvalue weighted by atomic mass is 19.3. The van der Waals surface area contributed by atoms with E-state index >= 15 is 0 Å². The predicted molar refractivity (Wildman–Crippen MR) is 84.6 cm³/mol. The molecular weight excluding hydrogens is 298 g/mol. The lowest BCUT2D eigenvalue weighted by Gasteiger charge is -2.38. The van der Waals surface area contributed by atoms with Crippen molar-refractivity contribution in [2.45, 2.75) is 18.4 Å². The summed E-state index contributed by atoms with van der Waals surface area (Å²) < 4.78 is 27.3. The zero-order chi connectivity index (χ0) is 15.9. The Balaban J connectivity index is 1.62. The summed E-state index contributed by atoms with van der Waals surface area (Å²) in [4.78, 5) is 12.6. The van der Waals surface area contributed by atoms with Crippen LogP contribution in [0.25, 0.3) is 11.1 Å². The lowest BCUT2D eigenvalue weighted by molar-refractivity contribution is 0.0125. The maximum atomic E-state index is 13.6. The molecule has 120 valence electrons. The van der Waals surface area contributed by atoms with Crippen LogP contribution < -0.4 is 4.90 Å². The van der Waals surface area contributed by atoms with Gasteiger partial charge < -0.3 is 4.90 Å². The summed E-state index contributed by atoms with van der Waals surface area (Å²) in [6.45, 7) is 1.84. The Kier molecular flexibility index (Phi) is 3.49. The number of nitrogens with zero attached hydrogens (tertiary/aromatic N) is 4. The Bertz CT molecular complexity index is 692. The molecule has 0 amide bonds. The van der Waals surface area contributed by atoms with Gasteiger partial charge in [0.1, 0.15) is 12.1 Å². The lowest BCUT2D eigenvalue weighted by atomic mass is 10.1. The van der Waals surface area contributed by atoms with Gasteiger partial charge in [0.05, 0.1) is 6.54 Å². The van der Waals surface area contributed by atoms with Crippen molar-refractivity contribution in [2.75, 3.05) is 31.1 Å². The van der Waals surface area contributed by atoms with Gasteiger partial charge in [-0.3, -0.25) is 4.90 Å². The highest BCUT2D eigenvalue weighted by Gasteiger charge is 2.47. The van der Waals surface area contributed by atoms with E-state index in [2.05, 4.69) is 14.9 Å².